The van der Waals surface area contributed by atoms with Gasteiger partial charge >= 0.3 is 5.97 Å². The summed E-state index contributed by atoms with van der Waals surface area (Å²) in [5.41, 5.74) is -0.279. The lowest BCUT2D eigenvalue weighted by molar-refractivity contribution is -0.980. The van der Waals surface area contributed by atoms with E-state index < -0.39 is 24.2 Å². The Morgan fingerprint density at radius 3 is 2.35 bits per heavy atom. The smallest absolute Gasteiger partial charge is 0.335 e. The minimum Gasteiger partial charge on any atom is -0.871 e. The van der Waals surface area contributed by atoms with E-state index in [4.69, 9.17) is 5.11 Å². The summed E-state index contributed by atoms with van der Waals surface area (Å²) >= 11 is 1.12. The van der Waals surface area contributed by atoms with Crippen LogP contribution in [-0.2, 0) is 0 Å². The monoisotopic (exact) mass is 301 g/mol. The molecule has 20 heavy (non-hydrogen) atoms. The molecule has 112 valence electrons. The van der Waals surface area contributed by atoms with E-state index in [1.54, 1.807) is 20.9 Å². The molecule has 6 nitrogen and oxygen atoms in total. The van der Waals surface area contributed by atoms with Crippen LogP contribution in [0.1, 0.15) is 24.2 Å². The predicted molar refractivity (Wildman–Crippen MR) is 73.1 cm³/mol. The van der Waals surface area contributed by atoms with Crippen LogP contribution in [0, 0.1) is 0 Å². The minimum atomic E-state index is -1.26. The zero-order valence-electron chi connectivity index (χ0n) is 11.6. The number of aromatic carboxylic acids is 1. The predicted octanol–water partition coefficient (Wildman–Crippen LogP) is 0.631. The van der Waals surface area contributed by atoms with Gasteiger partial charge in [-0.3, -0.25) is 4.48 Å². The first-order valence-corrected chi connectivity index (χ1v) is 7.06. The standard InChI is InChI=1S/C13H19NO5S/c1-8(15)14(3,9(2)16)7-20-11-6-4-5-10(12(11)17)13(18)19/h4-6,8-9,15-16H,7H2,1-3H3,(H-,17,18,19). The van der Waals surface area contributed by atoms with Gasteiger partial charge in [0, 0.05) is 18.7 Å². The molecule has 0 aliphatic rings. The number of carbonyl (C=O) groups is 1. The molecule has 0 saturated heterocycles. The van der Waals surface area contributed by atoms with Gasteiger partial charge in [-0.15, -0.1) is 0 Å². The van der Waals surface area contributed by atoms with Gasteiger partial charge in [-0.05, 0) is 12.1 Å². The zero-order chi connectivity index (χ0) is 15.5. The van der Waals surface area contributed by atoms with Gasteiger partial charge in [0.25, 0.3) is 0 Å². The number of thioether (sulfide) groups is 1. The summed E-state index contributed by atoms with van der Waals surface area (Å²) in [4.78, 5) is 11.2. The van der Waals surface area contributed by atoms with Gasteiger partial charge in [0.1, 0.15) is 5.88 Å². The van der Waals surface area contributed by atoms with Crippen molar-refractivity contribution in [2.75, 3.05) is 12.9 Å². The summed E-state index contributed by atoms with van der Waals surface area (Å²) in [6, 6.07) is 4.29. The van der Waals surface area contributed by atoms with Crippen LogP contribution in [0.25, 0.3) is 0 Å². The Labute approximate surface area is 121 Å². The number of rotatable bonds is 6. The molecule has 0 fully saturated rings. The van der Waals surface area contributed by atoms with E-state index in [0.29, 0.717) is 0 Å². The Morgan fingerprint density at radius 2 is 1.90 bits per heavy atom. The highest BCUT2D eigenvalue weighted by molar-refractivity contribution is 7.99. The molecule has 2 atom stereocenters. The number of carboxylic acid groups (broad SMARTS) is 1. The summed E-state index contributed by atoms with van der Waals surface area (Å²) in [5, 5.41) is 40.4. The maximum absolute atomic E-state index is 11.9. The van der Waals surface area contributed by atoms with Crippen molar-refractivity contribution in [3.8, 4) is 5.75 Å². The van der Waals surface area contributed by atoms with Crippen LogP contribution in [0.5, 0.6) is 5.75 Å². The molecule has 0 aliphatic carbocycles. The second-order valence-corrected chi connectivity index (χ2v) is 5.81. The number of quaternary nitrogens is 1. The maximum atomic E-state index is 11.9. The Bertz CT molecular complexity index is 482. The first-order chi connectivity index (χ1) is 9.20. The van der Waals surface area contributed by atoms with Crippen LogP contribution >= 0.6 is 11.8 Å². The zero-order valence-corrected chi connectivity index (χ0v) is 12.4. The van der Waals surface area contributed by atoms with Crippen molar-refractivity contribution in [3.63, 3.8) is 0 Å². The number of hydrogen-bond acceptors (Lipinski definition) is 5. The van der Waals surface area contributed by atoms with Gasteiger partial charge in [-0.2, -0.15) is 0 Å². The molecule has 1 rings (SSSR count). The molecule has 0 aromatic heterocycles. The summed E-state index contributed by atoms with van der Waals surface area (Å²) in [7, 11) is 1.66. The van der Waals surface area contributed by atoms with Gasteiger partial charge in [0.15, 0.2) is 12.5 Å². The molecule has 1 aromatic rings. The molecule has 0 radical (unpaired) electrons. The molecule has 0 aliphatic heterocycles. The number of hydrogen-bond donors (Lipinski definition) is 3. The Balaban J connectivity index is 2.95. The van der Waals surface area contributed by atoms with Crippen LogP contribution in [0.2, 0.25) is 0 Å². The third kappa shape index (κ3) is 3.43. The molecule has 0 amide bonds. The summed E-state index contributed by atoms with van der Waals surface area (Å²) in [5.74, 6) is -1.57. The normalized spacial score (nSPS) is 17.2. The SMILES string of the molecule is CC(O)[N+](C)(CSc1cccc(C(=O)O)c1[O-])C(C)O. The van der Waals surface area contributed by atoms with E-state index in [-0.39, 0.29) is 20.8 Å². The third-order valence-electron chi connectivity index (χ3n) is 3.41. The molecule has 7 heteroatoms. The van der Waals surface area contributed by atoms with Crippen molar-refractivity contribution >= 4 is 17.7 Å². The Hall–Kier alpha value is -1.28. The second-order valence-electron chi connectivity index (χ2n) is 4.82. The first-order valence-electron chi connectivity index (χ1n) is 6.07. The number of aliphatic hydroxyl groups excluding tert-OH is 2. The number of aliphatic hydroxyl groups is 2. The summed E-state index contributed by atoms with van der Waals surface area (Å²) in [6.45, 7) is 3.11. The van der Waals surface area contributed by atoms with Crippen LogP contribution in [0.15, 0.2) is 23.1 Å². The highest BCUT2D eigenvalue weighted by atomic mass is 32.2. The van der Waals surface area contributed by atoms with Gasteiger partial charge < -0.3 is 20.4 Å². The van der Waals surface area contributed by atoms with Crippen LogP contribution in [0.3, 0.4) is 0 Å². The van der Waals surface area contributed by atoms with Crippen LogP contribution < -0.4 is 5.11 Å². The van der Waals surface area contributed by atoms with E-state index in [0.717, 1.165) is 11.8 Å². The number of nitrogens with zero attached hydrogens (tertiary/aromatic N) is 1. The van der Waals surface area contributed by atoms with Crippen molar-refractivity contribution in [1.82, 2.24) is 0 Å². The summed E-state index contributed by atoms with van der Waals surface area (Å²) in [6.07, 6.45) is -1.64. The van der Waals surface area contributed by atoms with Crippen molar-refractivity contribution < 1.29 is 29.7 Å². The van der Waals surface area contributed by atoms with E-state index in [1.807, 2.05) is 0 Å². The average molecular weight is 301 g/mol. The van der Waals surface area contributed by atoms with E-state index >= 15 is 0 Å². The Morgan fingerprint density at radius 1 is 1.35 bits per heavy atom. The highest BCUT2D eigenvalue weighted by Gasteiger charge is 2.33. The number of benzene rings is 1. The molecule has 0 spiro atoms. The molecule has 3 N–H and O–H groups in total. The number of para-hydroxylation sites is 1. The molecular weight excluding hydrogens is 282 g/mol. The van der Waals surface area contributed by atoms with Crippen molar-refractivity contribution in [3.05, 3.63) is 23.8 Å². The number of carboxylic acids is 1. The lowest BCUT2D eigenvalue weighted by Crippen LogP contribution is -2.56. The lowest BCUT2D eigenvalue weighted by Gasteiger charge is -2.39. The fraction of sp³-hybridized carbons (Fsp3) is 0.462. The Kier molecular flexibility index (Phi) is 5.41. The van der Waals surface area contributed by atoms with Gasteiger partial charge in [-0.25, -0.2) is 4.79 Å². The first kappa shape index (κ1) is 16.8. The molecule has 2 unspecified atom stereocenters. The van der Waals surface area contributed by atoms with E-state index in [1.165, 1.54) is 18.2 Å². The third-order valence-corrected chi connectivity index (χ3v) is 4.73. The fourth-order valence-corrected chi connectivity index (χ4v) is 2.80. The molecular formula is C13H19NO5S. The fourth-order valence-electron chi connectivity index (χ4n) is 1.53. The second kappa shape index (κ2) is 6.45. The van der Waals surface area contributed by atoms with Crippen LogP contribution in [-0.4, -0.2) is 51.2 Å². The average Bonchev–Trinajstić information content (AvgIpc) is 2.36. The van der Waals surface area contributed by atoms with E-state index in [9.17, 15) is 20.1 Å². The van der Waals surface area contributed by atoms with Gasteiger partial charge in [0.05, 0.1) is 12.6 Å². The van der Waals surface area contributed by atoms with Crippen molar-refractivity contribution in [1.29, 1.82) is 0 Å². The van der Waals surface area contributed by atoms with E-state index in [2.05, 4.69) is 0 Å². The topological polar surface area (TPSA) is 101 Å². The molecule has 0 heterocycles. The molecule has 1 aromatic carbocycles. The lowest BCUT2D eigenvalue weighted by atomic mass is 10.2. The minimum absolute atomic E-state index is 0.0680. The molecule has 0 bridgehead atoms. The van der Waals surface area contributed by atoms with Crippen LogP contribution in [0.4, 0.5) is 0 Å². The quantitative estimate of drug-likeness (QED) is 0.405. The van der Waals surface area contributed by atoms with Gasteiger partial charge in [0.2, 0.25) is 0 Å². The van der Waals surface area contributed by atoms with Crippen molar-refractivity contribution in [2.45, 2.75) is 31.2 Å². The van der Waals surface area contributed by atoms with Crippen molar-refractivity contribution in [2.24, 2.45) is 0 Å². The molecule has 0 saturated carbocycles. The maximum Gasteiger partial charge on any atom is 0.335 e. The van der Waals surface area contributed by atoms with Gasteiger partial charge in [-0.1, -0.05) is 23.6 Å². The highest BCUT2D eigenvalue weighted by Crippen LogP contribution is 2.32. The summed E-state index contributed by atoms with van der Waals surface area (Å²) < 4.78 is -0.0680. The largest absolute Gasteiger partial charge is 0.871 e.